The molecule has 5 heteroatoms. The van der Waals surface area contributed by atoms with E-state index in [4.69, 9.17) is 9.72 Å². The molecule has 1 saturated heterocycles. The normalized spacial score (nSPS) is 16.6. The van der Waals surface area contributed by atoms with Crippen molar-refractivity contribution in [3.05, 3.63) is 40.7 Å². The minimum atomic E-state index is 0.142. The molecule has 0 atom stereocenters. The Balaban J connectivity index is 1.52. The van der Waals surface area contributed by atoms with E-state index in [0.29, 0.717) is 0 Å². The second-order valence-electron chi connectivity index (χ2n) is 6.51. The maximum atomic E-state index is 5.44. The standard InChI is InChI=1S/C18H25N3OS/c1-18(2,21-8-10-22-11-9-21)14-19-12-17-20-16(13-23-17)15-6-4-3-5-7-15/h3-7,13,19H,8-12,14H2,1-2H3. The summed E-state index contributed by atoms with van der Waals surface area (Å²) in [6.07, 6.45) is 0. The second kappa shape index (κ2) is 7.53. The minimum absolute atomic E-state index is 0.142. The largest absolute Gasteiger partial charge is 0.379 e. The van der Waals surface area contributed by atoms with Crippen LogP contribution in [0, 0.1) is 0 Å². The molecule has 1 aliphatic rings. The molecule has 0 bridgehead atoms. The van der Waals surface area contributed by atoms with Crippen LogP contribution in [0.4, 0.5) is 0 Å². The fraction of sp³-hybridized carbons (Fsp3) is 0.500. The molecule has 1 aliphatic heterocycles. The molecule has 3 rings (SSSR count). The third-order valence-corrected chi connectivity index (χ3v) is 5.17. The lowest BCUT2D eigenvalue weighted by molar-refractivity contribution is -0.00966. The van der Waals surface area contributed by atoms with Crippen LogP contribution in [0.15, 0.2) is 35.7 Å². The van der Waals surface area contributed by atoms with Gasteiger partial charge in [0.1, 0.15) is 5.01 Å². The maximum Gasteiger partial charge on any atom is 0.107 e. The summed E-state index contributed by atoms with van der Waals surface area (Å²) in [5, 5.41) is 6.85. The number of ether oxygens (including phenoxy) is 1. The number of nitrogens with one attached hydrogen (secondary N) is 1. The summed E-state index contributed by atoms with van der Waals surface area (Å²) in [7, 11) is 0. The monoisotopic (exact) mass is 331 g/mol. The molecule has 1 aromatic carbocycles. The van der Waals surface area contributed by atoms with Crippen molar-refractivity contribution < 1.29 is 4.74 Å². The third kappa shape index (κ3) is 4.38. The van der Waals surface area contributed by atoms with Crippen LogP contribution in [0.3, 0.4) is 0 Å². The van der Waals surface area contributed by atoms with Crippen molar-refractivity contribution in [1.29, 1.82) is 0 Å². The van der Waals surface area contributed by atoms with Gasteiger partial charge in [-0.25, -0.2) is 4.98 Å². The third-order valence-electron chi connectivity index (χ3n) is 4.32. The van der Waals surface area contributed by atoms with Gasteiger partial charge in [-0.1, -0.05) is 30.3 Å². The predicted octanol–water partition coefficient (Wildman–Crippen LogP) is 3.01. The Morgan fingerprint density at radius 1 is 1.22 bits per heavy atom. The van der Waals surface area contributed by atoms with Gasteiger partial charge >= 0.3 is 0 Å². The number of benzene rings is 1. The summed E-state index contributed by atoms with van der Waals surface area (Å²) in [4.78, 5) is 7.24. The predicted molar refractivity (Wildman–Crippen MR) is 95.7 cm³/mol. The minimum Gasteiger partial charge on any atom is -0.379 e. The Kier molecular flexibility index (Phi) is 5.43. The number of hydrogen-bond donors (Lipinski definition) is 1. The highest BCUT2D eigenvalue weighted by Crippen LogP contribution is 2.21. The molecule has 1 N–H and O–H groups in total. The summed E-state index contributed by atoms with van der Waals surface area (Å²) in [5.74, 6) is 0. The van der Waals surface area contributed by atoms with E-state index in [2.05, 4.69) is 53.7 Å². The fourth-order valence-corrected chi connectivity index (χ4v) is 3.66. The molecule has 0 saturated carbocycles. The quantitative estimate of drug-likeness (QED) is 0.883. The molecule has 1 fully saturated rings. The van der Waals surface area contributed by atoms with E-state index < -0.39 is 0 Å². The van der Waals surface area contributed by atoms with Gasteiger partial charge in [-0.05, 0) is 13.8 Å². The molecular formula is C18H25N3OS. The van der Waals surface area contributed by atoms with Crippen LogP contribution >= 0.6 is 11.3 Å². The van der Waals surface area contributed by atoms with Crippen molar-refractivity contribution in [1.82, 2.24) is 15.2 Å². The molecular weight excluding hydrogens is 306 g/mol. The summed E-state index contributed by atoms with van der Waals surface area (Å²) < 4.78 is 5.44. The first-order chi connectivity index (χ1) is 11.1. The smallest absolute Gasteiger partial charge is 0.107 e. The molecule has 0 aliphatic carbocycles. The van der Waals surface area contributed by atoms with E-state index >= 15 is 0 Å². The van der Waals surface area contributed by atoms with Gasteiger partial charge in [0.25, 0.3) is 0 Å². The Morgan fingerprint density at radius 3 is 2.70 bits per heavy atom. The van der Waals surface area contributed by atoms with Crippen LogP contribution in [0.5, 0.6) is 0 Å². The van der Waals surface area contributed by atoms with E-state index in [1.807, 2.05) is 6.07 Å². The lowest BCUT2D eigenvalue weighted by Crippen LogP contribution is -2.54. The molecule has 124 valence electrons. The van der Waals surface area contributed by atoms with Gasteiger partial charge in [0.05, 0.1) is 18.9 Å². The van der Waals surface area contributed by atoms with Gasteiger partial charge in [0.2, 0.25) is 0 Å². The van der Waals surface area contributed by atoms with Crippen molar-refractivity contribution in [2.24, 2.45) is 0 Å². The zero-order valence-corrected chi connectivity index (χ0v) is 14.7. The average molecular weight is 331 g/mol. The Bertz CT molecular complexity index is 606. The van der Waals surface area contributed by atoms with Crippen molar-refractivity contribution in [2.75, 3.05) is 32.8 Å². The first-order valence-electron chi connectivity index (χ1n) is 8.18. The maximum absolute atomic E-state index is 5.44. The highest BCUT2D eigenvalue weighted by atomic mass is 32.1. The number of nitrogens with zero attached hydrogens (tertiary/aromatic N) is 2. The lowest BCUT2D eigenvalue weighted by Gasteiger charge is -2.41. The number of aromatic nitrogens is 1. The number of hydrogen-bond acceptors (Lipinski definition) is 5. The topological polar surface area (TPSA) is 37.4 Å². The Morgan fingerprint density at radius 2 is 1.96 bits per heavy atom. The molecule has 2 heterocycles. The Labute approximate surface area is 142 Å². The van der Waals surface area contributed by atoms with Crippen molar-refractivity contribution in [2.45, 2.75) is 25.9 Å². The fourth-order valence-electron chi connectivity index (χ4n) is 2.89. The molecule has 23 heavy (non-hydrogen) atoms. The number of thiazole rings is 1. The zero-order valence-electron chi connectivity index (χ0n) is 13.9. The van der Waals surface area contributed by atoms with Crippen LogP contribution in [0.25, 0.3) is 11.3 Å². The number of rotatable bonds is 6. The van der Waals surface area contributed by atoms with E-state index in [9.17, 15) is 0 Å². The zero-order chi connectivity index (χ0) is 16.1. The van der Waals surface area contributed by atoms with Crippen LogP contribution in [-0.4, -0.2) is 48.3 Å². The van der Waals surface area contributed by atoms with Gasteiger partial charge in [-0.15, -0.1) is 11.3 Å². The molecule has 4 nitrogen and oxygen atoms in total. The van der Waals surface area contributed by atoms with Crippen molar-refractivity contribution in [3.63, 3.8) is 0 Å². The lowest BCUT2D eigenvalue weighted by atomic mass is 10.0. The van der Waals surface area contributed by atoms with Gasteiger partial charge in [-0.3, -0.25) is 4.90 Å². The van der Waals surface area contributed by atoms with E-state index in [1.54, 1.807) is 11.3 Å². The summed E-state index contributed by atoms with van der Waals surface area (Å²) in [6.45, 7) is 10.1. The highest BCUT2D eigenvalue weighted by Gasteiger charge is 2.27. The van der Waals surface area contributed by atoms with E-state index in [-0.39, 0.29) is 5.54 Å². The van der Waals surface area contributed by atoms with E-state index in [0.717, 1.165) is 50.1 Å². The van der Waals surface area contributed by atoms with Gasteiger partial charge in [0.15, 0.2) is 0 Å². The Hall–Kier alpha value is -1.27. The molecule has 2 aromatic rings. The molecule has 0 unspecified atom stereocenters. The van der Waals surface area contributed by atoms with Crippen molar-refractivity contribution >= 4 is 11.3 Å². The first kappa shape index (κ1) is 16.6. The molecule has 0 amide bonds. The van der Waals surface area contributed by atoms with Crippen LogP contribution in [-0.2, 0) is 11.3 Å². The van der Waals surface area contributed by atoms with Crippen LogP contribution in [0.1, 0.15) is 18.9 Å². The van der Waals surface area contributed by atoms with E-state index in [1.165, 1.54) is 5.56 Å². The molecule has 0 spiro atoms. The van der Waals surface area contributed by atoms with Gasteiger partial charge < -0.3 is 10.1 Å². The summed E-state index contributed by atoms with van der Waals surface area (Å²) in [6, 6.07) is 10.3. The highest BCUT2D eigenvalue weighted by molar-refractivity contribution is 7.09. The van der Waals surface area contributed by atoms with Crippen LogP contribution < -0.4 is 5.32 Å². The second-order valence-corrected chi connectivity index (χ2v) is 7.45. The average Bonchev–Trinajstić information content (AvgIpc) is 3.05. The van der Waals surface area contributed by atoms with Gasteiger partial charge in [-0.2, -0.15) is 0 Å². The number of morpholine rings is 1. The SMILES string of the molecule is CC(C)(CNCc1nc(-c2ccccc2)cs1)N1CCOCC1. The van der Waals surface area contributed by atoms with Gasteiger partial charge in [0, 0.05) is 42.7 Å². The summed E-state index contributed by atoms with van der Waals surface area (Å²) in [5.41, 5.74) is 2.40. The van der Waals surface area contributed by atoms with Crippen LogP contribution in [0.2, 0.25) is 0 Å². The molecule has 0 radical (unpaired) electrons. The van der Waals surface area contributed by atoms with Crippen molar-refractivity contribution in [3.8, 4) is 11.3 Å². The molecule has 1 aromatic heterocycles. The summed E-state index contributed by atoms with van der Waals surface area (Å²) >= 11 is 1.72. The first-order valence-corrected chi connectivity index (χ1v) is 9.06.